The van der Waals surface area contributed by atoms with E-state index in [-0.39, 0.29) is 0 Å². The first-order chi connectivity index (χ1) is 9.49. The second-order valence-corrected chi connectivity index (χ2v) is 5.48. The zero-order valence-electron chi connectivity index (χ0n) is 11.7. The molecule has 2 nitrogen and oxygen atoms in total. The SMILES string of the molecule is CNCC1CCN(Cc2cccc(C(F)(F)F)c2)CC1. The highest BCUT2D eigenvalue weighted by molar-refractivity contribution is 5.25. The van der Waals surface area contributed by atoms with Gasteiger partial charge in [0.2, 0.25) is 0 Å². The molecule has 1 aliphatic rings. The van der Waals surface area contributed by atoms with E-state index in [0.29, 0.717) is 12.5 Å². The number of piperidine rings is 1. The van der Waals surface area contributed by atoms with Crippen molar-refractivity contribution in [3.05, 3.63) is 35.4 Å². The molecule has 1 aliphatic heterocycles. The summed E-state index contributed by atoms with van der Waals surface area (Å²) < 4.78 is 38.0. The standard InChI is InChI=1S/C15H21F3N2/c1-19-10-12-5-7-20(8-6-12)11-13-3-2-4-14(9-13)15(16,17)18/h2-4,9,12,19H,5-8,10-11H2,1H3. The van der Waals surface area contributed by atoms with Crippen LogP contribution in [0.3, 0.4) is 0 Å². The number of nitrogens with one attached hydrogen (secondary N) is 1. The van der Waals surface area contributed by atoms with Gasteiger partial charge in [-0.15, -0.1) is 0 Å². The van der Waals surface area contributed by atoms with Gasteiger partial charge < -0.3 is 5.32 Å². The van der Waals surface area contributed by atoms with Crippen LogP contribution in [0, 0.1) is 5.92 Å². The third-order valence-electron chi connectivity index (χ3n) is 3.86. The number of rotatable bonds is 4. The van der Waals surface area contributed by atoms with E-state index in [1.165, 1.54) is 12.1 Å². The van der Waals surface area contributed by atoms with E-state index in [0.717, 1.165) is 44.1 Å². The summed E-state index contributed by atoms with van der Waals surface area (Å²) in [6, 6.07) is 5.66. The molecule has 0 unspecified atom stereocenters. The maximum atomic E-state index is 12.7. The van der Waals surface area contributed by atoms with Crippen molar-refractivity contribution < 1.29 is 13.2 Å². The number of alkyl halides is 3. The van der Waals surface area contributed by atoms with Gasteiger partial charge in [0, 0.05) is 6.54 Å². The highest BCUT2D eigenvalue weighted by Gasteiger charge is 2.30. The predicted molar refractivity (Wildman–Crippen MR) is 73.4 cm³/mol. The molecule has 0 spiro atoms. The van der Waals surface area contributed by atoms with Crippen molar-refractivity contribution in [2.45, 2.75) is 25.6 Å². The van der Waals surface area contributed by atoms with Gasteiger partial charge in [0.25, 0.3) is 0 Å². The van der Waals surface area contributed by atoms with Crippen LogP contribution in [0.25, 0.3) is 0 Å². The largest absolute Gasteiger partial charge is 0.416 e. The fourth-order valence-corrected chi connectivity index (χ4v) is 2.74. The van der Waals surface area contributed by atoms with E-state index in [1.54, 1.807) is 6.07 Å². The van der Waals surface area contributed by atoms with Crippen LogP contribution >= 0.6 is 0 Å². The van der Waals surface area contributed by atoms with E-state index in [1.807, 2.05) is 7.05 Å². The minimum absolute atomic E-state index is 0.555. The Hall–Kier alpha value is -1.07. The molecule has 1 aromatic rings. The summed E-state index contributed by atoms with van der Waals surface area (Å²) in [5.74, 6) is 0.692. The molecule has 1 N–H and O–H groups in total. The molecule has 0 atom stereocenters. The molecular weight excluding hydrogens is 265 g/mol. The Morgan fingerprint density at radius 1 is 1.25 bits per heavy atom. The highest BCUT2D eigenvalue weighted by Crippen LogP contribution is 2.30. The van der Waals surface area contributed by atoms with Gasteiger partial charge in [-0.3, -0.25) is 4.90 Å². The average molecular weight is 286 g/mol. The van der Waals surface area contributed by atoms with Crippen molar-refractivity contribution in [3.63, 3.8) is 0 Å². The summed E-state index contributed by atoms with van der Waals surface area (Å²) in [7, 11) is 1.95. The zero-order chi connectivity index (χ0) is 14.6. The third kappa shape index (κ3) is 4.21. The Morgan fingerprint density at radius 2 is 1.95 bits per heavy atom. The molecule has 0 radical (unpaired) electrons. The molecule has 0 bridgehead atoms. The zero-order valence-corrected chi connectivity index (χ0v) is 11.7. The van der Waals surface area contributed by atoms with Crippen LogP contribution in [0.15, 0.2) is 24.3 Å². The topological polar surface area (TPSA) is 15.3 Å². The molecule has 0 aliphatic carbocycles. The lowest BCUT2D eigenvalue weighted by Gasteiger charge is -2.32. The smallest absolute Gasteiger partial charge is 0.319 e. The summed E-state index contributed by atoms with van der Waals surface area (Å²) in [5, 5.41) is 3.18. The molecule has 2 rings (SSSR count). The van der Waals surface area contributed by atoms with Gasteiger partial charge in [0.05, 0.1) is 5.56 Å². The predicted octanol–water partition coefficient (Wildman–Crippen LogP) is 3.14. The van der Waals surface area contributed by atoms with Crippen LogP contribution in [-0.4, -0.2) is 31.6 Å². The Morgan fingerprint density at radius 3 is 2.55 bits per heavy atom. The molecule has 5 heteroatoms. The number of hydrogen-bond acceptors (Lipinski definition) is 2. The highest BCUT2D eigenvalue weighted by atomic mass is 19.4. The Balaban J connectivity index is 1.91. The number of benzene rings is 1. The molecule has 1 heterocycles. The van der Waals surface area contributed by atoms with Gasteiger partial charge in [-0.2, -0.15) is 13.2 Å². The molecular formula is C15H21F3N2. The van der Waals surface area contributed by atoms with Gasteiger partial charge in [-0.1, -0.05) is 18.2 Å². The van der Waals surface area contributed by atoms with Crippen molar-refractivity contribution in [2.75, 3.05) is 26.7 Å². The van der Waals surface area contributed by atoms with E-state index in [2.05, 4.69) is 10.2 Å². The number of halogens is 3. The fourth-order valence-electron chi connectivity index (χ4n) is 2.74. The summed E-state index contributed by atoms with van der Waals surface area (Å²) >= 11 is 0. The van der Waals surface area contributed by atoms with E-state index in [9.17, 15) is 13.2 Å². The first-order valence-electron chi connectivity index (χ1n) is 7.02. The summed E-state index contributed by atoms with van der Waals surface area (Å²) in [5.41, 5.74) is 0.187. The molecule has 112 valence electrons. The lowest BCUT2D eigenvalue weighted by Crippen LogP contribution is -2.36. The molecule has 0 amide bonds. The molecule has 0 saturated carbocycles. The van der Waals surface area contributed by atoms with Gasteiger partial charge in [0.1, 0.15) is 0 Å². The van der Waals surface area contributed by atoms with Crippen molar-refractivity contribution in [1.29, 1.82) is 0 Å². The number of likely N-dealkylation sites (tertiary alicyclic amines) is 1. The number of nitrogens with zero attached hydrogens (tertiary/aromatic N) is 1. The Kier molecular flexibility index (Phi) is 5.05. The van der Waals surface area contributed by atoms with Crippen molar-refractivity contribution in [1.82, 2.24) is 10.2 Å². The van der Waals surface area contributed by atoms with Crippen LogP contribution in [0.2, 0.25) is 0 Å². The van der Waals surface area contributed by atoms with E-state index >= 15 is 0 Å². The van der Waals surface area contributed by atoms with Crippen molar-refractivity contribution in [3.8, 4) is 0 Å². The molecule has 20 heavy (non-hydrogen) atoms. The van der Waals surface area contributed by atoms with Crippen LogP contribution in [-0.2, 0) is 12.7 Å². The van der Waals surface area contributed by atoms with Crippen LogP contribution in [0.1, 0.15) is 24.0 Å². The Labute approximate surface area is 118 Å². The van der Waals surface area contributed by atoms with Gasteiger partial charge >= 0.3 is 6.18 Å². The third-order valence-corrected chi connectivity index (χ3v) is 3.86. The average Bonchev–Trinajstić information content (AvgIpc) is 2.41. The molecule has 0 aromatic heterocycles. The first-order valence-corrected chi connectivity index (χ1v) is 7.02. The second-order valence-electron chi connectivity index (χ2n) is 5.48. The summed E-state index contributed by atoms with van der Waals surface area (Å²) in [6.45, 7) is 3.55. The van der Waals surface area contributed by atoms with Crippen LogP contribution in [0.4, 0.5) is 13.2 Å². The summed E-state index contributed by atoms with van der Waals surface area (Å²) in [4.78, 5) is 2.24. The van der Waals surface area contributed by atoms with Gasteiger partial charge in [0.15, 0.2) is 0 Å². The van der Waals surface area contributed by atoms with Crippen LogP contribution < -0.4 is 5.32 Å². The maximum Gasteiger partial charge on any atom is 0.416 e. The molecule has 1 aromatic carbocycles. The Bertz CT molecular complexity index is 423. The molecule has 1 fully saturated rings. The number of hydrogen-bond donors (Lipinski definition) is 1. The first kappa shape index (κ1) is 15.3. The van der Waals surface area contributed by atoms with Crippen molar-refractivity contribution >= 4 is 0 Å². The lowest BCUT2D eigenvalue weighted by molar-refractivity contribution is -0.137. The summed E-state index contributed by atoms with van der Waals surface area (Å²) in [6.07, 6.45) is -2.03. The van der Waals surface area contributed by atoms with E-state index in [4.69, 9.17) is 0 Å². The van der Waals surface area contributed by atoms with E-state index < -0.39 is 11.7 Å². The van der Waals surface area contributed by atoms with Crippen molar-refractivity contribution in [2.24, 2.45) is 5.92 Å². The molecule has 1 saturated heterocycles. The second kappa shape index (κ2) is 6.59. The normalized spacial score (nSPS) is 18.4. The minimum Gasteiger partial charge on any atom is -0.319 e. The van der Waals surface area contributed by atoms with Crippen LogP contribution in [0.5, 0.6) is 0 Å². The van der Waals surface area contributed by atoms with Gasteiger partial charge in [-0.25, -0.2) is 0 Å². The minimum atomic E-state index is -4.25. The fraction of sp³-hybridized carbons (Fsp3) is 0.600. The van der Waals surface area contributed by atoms with Gasteiger partial charge in [-0.05, 0) is 57.1 Å². The monoisotopic (exact) mass is 286 g/mol. The quantitative estimate of drug-likeness (QED) is 0.915. The maximum absolute atomic E-state index is 12.7. The lowest BCUT2D eigenvalue weighted by atomic mass is 9.96.